The Morgan fingerprint density at radius 3 is 2.29 bits per heavy atom. The lowest BCUT2D eigenvalue weighted by molar-refractivity contribution is -0.119. The van der Waals surface area contributed by atoms with Crippen LogP contribution in [0.4, 0.5) is 5.69 Å². The molecule has 0 saturated heterocycles. The minimum Gasteiger partial charge on any atom is -0.493 e. The maximum absolute atomic E-state index is 13.5. The number of carbonyl (C=O) groups excluding carboxylic acids is 1. The van der Waals surface area contributed by atoms with Crippen LogP contribution in [0.1, 0.15) is 36.5 Å². The molecule has 0 aliphatic heterocycles. The second kappa shape index (κ2) is 12.4. The van der Waals surface area contributed by atoms with Crippen LogP contribution in [0.25, 0.3) is 0 Å². The lowest BCUT2D eigenvalue weighted by Crippen LogP contribution is -2.41. The molecule has 7 heteroatoms. The van der Waals surface area contributed by atoms with Gasteiger partial charge in [-0.15, -0.1) is 0 Å². The van der Waals surface area contributed by atoms with Crippen molar-refractivity contribution in [3.05, 3.63) is 89.5 Å². The molecule has 0 unspecified atom stereocenters. The largest absolute Gasteiger partial charge is 0.493 e. The normalized spacial score (nSPS) is 11.2. The minimum atomic E-state index is -3.91. The van der Waals surface area contributed by atoms with Crippen LogP contribution in [0.5, 0.6) is 5.75 Å². The van der Waals surface area contributed by atoms with Crippen molar-refractivity contribution in [3.8, 4) is 5.75 Å². The summed E-state index contributed by atoms with van der Waals surface area (Å²) in [6, 6.07) is 21.7. The van der Waals surface area contributed by atoms with E-state index in [1.165, 1.54) is 4.31 Å². The van der Waals surface area contributed by atoms with E-state index in [9.17, 15) is 13.2 Å². The van der Waals surface area contributed by atoms with Crippen LogP contribution in [-0.4, -0.2) is 34.0 Å². The molecule has 3 rings (SSSR count). The molecule has 0 fully saturated rings. The zero-order valence-corrected chi connectivity index (χ0v) is 21.5. The van der Waals surface area contributed by atoms with Crippen molar-refractivity contribution in [2.45, 2.75) is 44.9 Å². The number of aryl methyl sites for hydroxylation is 3. The maximum atomic E-state index is 13.5. The molecule has 186 valence electrons. The van der Waals surface area contributed by atoms with Gasteiger partial charge in [0.25, 0.3) is 10.0 Å². The standard InChI is InChI=1S/C28H34N2O4S/c1-4-17-34-27-15-9-8-11-24(27)12-10-16-29-28(31)21-30(25-19-22(2)18-23(3)20-25)35(32,33)26-13-6-5-7-14-26/h5-9,11,13-15,18-20H,4,10,12,16-17,21H2,1-3H3,(H,29,31). The van der Waals surface area contributed by atoms with E-state index in [0.717, 1.165) is 35.3 Å². The summed E-state index contributed by atoms with van der Waals surface area (Å²) >= 11 is 0. The summed E-state index contributed by atoms with van der Waals surface area (Å²) in [5, 5.41) is 2.88. The molecule has 0 radical (unpaired) electrons. The van der Waals surface area contributed by atoms with Crippen molar-refractivity contribution in [2.75, 3.05) is 24.0 Å². The van der Waals surface area contributed by atoms with Crippen LogP contribution in [0.15, 0.2) is 77.7 Å². The van der Waals surface area contributed by atoms with Gasteiger partial charge in [0.1, 0.15) is 12.3 Å². The second-order valence-corrected chi connectivity index (χ2v) is 10.4. The molecule has 0 saturated carbocycles. The molecule has 0 spiro atoms. The van der Waals surface area contributed by atoms with Gasteiger partial charge in [0, 0.05) is 6.54 Å². The van der Waals surface area contributed by atoms with E-state index in [0.29, 0.717) is 25.3 Å². The van der Waals surface area contributed by atoms with Crippen molar-refractivity contribution in [2.24, 2.45) is 0 Å². The summed E-state index contributed by atoms with van der Waals surface area (Å²) in [4.78, 5) is 13.0. The van der Waals surface area contributed by atoms with Crippen molar-refractivity contribution in [1.29, 1.82) is 0 Å². The number of carbonyl (C=O) groups is 1. The SMILES string of the molecule is CCCOc1ccccc1CCCNC(=O)CN(c1cc(C)cc(C)c1)S(=O)(=O)c1ccccc1. The van der Waals surface area contributed by atoms with Gasteiger partial charge < -0.3 is 10.1 Å². The van der Waals surface area contributed by atoms with Crippen LogP contribution >= 0.6 is 0 Å². The summed E-state index contributed by atoms with van der Waals surface area (Å²) < 4.78 is 33.9. The highest BCUT2D eigenvalue weighted by Crippen LogP contribution is 2.26. The number of nitrogens with zero attached hydrogens (tertiary/aromatic N) is 1. The van der Waals surface area contributed by atoms with E-state index in [1.54, 1.807) is 42.5 Å². The Morgan fingerprint density at radius 1 is 0.943 bits per heavy atom. The molecule has 0 heterocycles. The van der Waals surface area contributed by atoms with Crippen molar-refractivity contribution < 1.29 is 17.9 Å². The Bertz CT molecular complexity index is 1210. The first-order valence-corrected chi connectivity index (χ1v) is 13.4. The lowest BCUT2D eigenvalue weighted by atomic mass is 10.1. The van der Waals surface area contributed by atoms with E-state index >= 15 is 0 Å². The summed E-state index contributed by atoms with van der Waals surface area (Å²) in [6.45, 7) is 6.69. The molecule has 0 aliphatic rings. The predicted molar refractivity (Wildman–Crippen MR) is 140 cm³/mol. The van der Waals surface area contributed by atoms with Gasteiger partial charge in [-0.3, -0.25) is 9.10 Å². The summed E-state index contributed by atoms with van der Waals surface area (Å²) in [7, 11) is -3.91. The highest BCUT2D eigenvalue weighted by Gasteiger charge is 2.27. The van der Waals surface area contributed by atoms with Gasteiger partial charge in [-0.25, -0.2) is 8.42 Å². The predicted octanol–water partition coefficient (Wildman–Crippen LogP) is 5.04. The van der Waals surface area contributed by atoms with E-state index < -0.39 is 10.0 Å². The van der Waals surface area contributed by atoms with E-state index in [2.05, 4.69) is 12.2 Å². The third kappa shape index (κ3) is 7.33. The third-order valence-corrected chi connectivity index (χ3v) is 7.28. The highest BCUT2D eigenvalue weighted by molar-refractivity contribution is 7.92. The summed E-state index contributed by atoms with van der Waals surface area (Å²) in [5.74, 6) is 0.523. The first kappa shape index (κ1) is 26.3. The molecule has 0 atom stereocenters. The van der Waals surface area contributed by atoms with Gasteiger partial charge in [0.05, 0.1) is 17.2 Å². The van der Waals surface area contributed by atoms with E-state index in [4.69, 9.17) is 4.74 Å². The molecule has 3 aromatic carbocycles. The minimum absolute atomic E-state index is 0.149. The fourth-order valence-electron chi connectivity index (χ4n) is 3.89. The molecule has 3 aromatic rings. The topological polar surface area (TPSA) is 75.7 Å². The number of ether oxygens (including phenoxy) is 1. The van der Waals surface area contributed by atoms with Crippen LogP contribution in [0.2, 0.25) is 0 Å². The number of anilines is 1. The fraction of sp³-hybridized carbons (Fsp3) is 0.321. The average Bonchev–Trinajstić information content (AvgIpc) is 2.84. The molecular weight excluding hydrogens is 460 g/mol. The van der Waals surface area contributed by atoms with Crippen LogP contribution in [0, 0.1) is 13.8 Å². The number of para-hydroxylation sites is 1. The second-order valence-electron chi connectivity index (χ2n) is 8.58. The lowest BCUT2D eigenvalue weighted by Gasteiger charge is -2.25. The number of sulfonamides is 1. The fourth-order valence-corrected chi connectivity index (χ4v) is 5.31. The summed E-state index contributed by atoms with van der Waals surface area (Å²) in [5.41, 5.74) is 3.43. The summed E-state index contributed by atoms with van der Waals surface area (Å²) in [6.07, 6.45) is 2.41. The molecule has 6 nitrogen and oxygen atoms in total. The van der Waals surface area contributed by atoms with Crippen LogP contribution < -0.4 is 14.4 Å². The van der Waals surface area contributed by atoms with Crippen LogP contribution in [0.3, 0.4) is 0 Å². The van der Waals surface area contributed by atoms with Crippen LogP contribution in [-0.2, 0) is 21.2 Å². The van der Waals surface area contributed by atoms with Gasteiger partial charge in [0.15, 0.2) is 0 Å². The molecule has 0 aromatic heterocycles. The zero-order valence-electron chi connectivity index (χ0n) is 20.7. The number of benzene rings is 3. The third-order valence-electron chi connectivity index (χ3n) is 5.49. The van der Waals surface area contributed by atoms with Crippen molar-refractivity contribution >= 4 is 21.6 Å². The number of amides is 1. The monoisotopic (exact) mass is 494 g/mol. The molecule has 1 amide bonds. The Kier molecular flexibility index (Phi) is 9.32. The number of rotatable bonds is 12. The number of nitrogens with one attached hydrogen (secondary N) is 1. The smallest absolute Gasteiger partial charge is 0.264 e. The zero-order chi connectivity index (χ0) is 25.3. The Labute approximate surface area is 209 Å². The van der Waals surface area contributed by atoms with Gasteiger partial charge >= 0.3 is 0 Å². The highest BCUT2D eigenvalue weighted by atomic mass is 32.2. The molecule has 35 heavy (non-hydrogen) atoms. The van der Waals surface area contributed by atoms with Gasteiger partial charge in [-0.2, -0.15) is 0 Å². The number of hydrogen-bond donors (Lipinski definition) is 1. The Hall–Kier alpha value is -3.32. The van der Waals surface area contributed by atoms with Crippen molar-refractivity contribution in [1.82, 2.24) is 5.32 Å². The van der Waals surface area contributed by atoms with E-state index in [-0.39, 0.29) is 17.3 Å². The average molecular weight is 495 g/mol. The van der Waals surface area contributed by atoms with Gasteiger partial charge in [-0.05, 0) is 80.1 Å². The Balaban J connectivity index is 1.69. The molecule has 1 N–H and O–H groups in total. The first-order valence-electron chi connectivity index (χ1n) is 11.9. The Morgan fingerprint density at radius 2 is 1.60 bits per heavy atom. The quantitative estimate of drug-likeness (QED) is 0.358. The van der Waals surface area contributed by atoms with E-state index in [1.807, 2.05) is 44.2 Å². The van der Waals surface area contributed by atoms with Crippen molar-refractivity contribution in [3.63, 3.8) is 0 Å². The number of hydrogen-bond acceptors (Lipinski definition) is 4. The first-order chi connectivity index (χ1) is 16.8. The molecular formula is C28H34N2O4S. The molecule has 0 bridgehead atoms. The van der Waals surface area contributed by atoms with Gasteiger partial charge in [-0.1, -0.05) is 49.4 Å². The van der Waals surface area contributed by atoms with Gasteiger partial charge in [0.2, 0.25) is 5.91 Å². The molecule has 0 aliphatic carbocycles. The maximum Gasteiger partial charge on any atom is 0.264 e.